The number of nitro groups is 1. The fourth-order valence-electron chi connectivity index (χ4n) is 3.54. The van der Waals surface area contributed by atoms with E-state index in [-0.39, 0.29) is 22.7 Å². The van der Waals surface area contributed by atoms with Gasteiger partial charge in [0.05, 0.1) is 20.0 Å². The van der Waals surface area contributed by atoms with E-state index < -0.39 is 22.8 Å². The third-order valence-electron chi connectivity index (χ3n) is 5.29. The van der Waals surface area contributed by atoms with Crippen LogP contribution in [-0.2, 0) is 9.59 Å². The van der Waals surface area contributed by atoms with E-state index in [2.05, 4.69) is 10.3 Å². The van der Waals surface area contributed by atoms with Crippen LogP contribution in [0, 0.1) is 10.1 Å². The monoisotopic (exact) mass is 545 g/mol. The first kappa shape index (κ1) is 24.8. The first-order valence-electron chi connectivity index (χ1n) is 10.9. The van der Waals surface area contributed by atoms with Crippen LogP contribution < -0.4 is 16.0 Å². The maximum atomic E-state index is 12.4. The van der Waals surface area contributed by atoms with Crippen LogP contribution in [0.5, 0.6) is 0 Å². The zero-order valence-corrected chi connectivity index (χ0v) is 20.7. The highest BCUT2D eigenvalue weighted by molar-refractivity contribution is 8.01. The third-order valence-corrected chi connectivity index (χ3v) is 7.44. The molecule has 0 spiro atoms. The Morgan fingerprint density at radius 3 is 2.45 bits per heavy atom. The van der Waals surface area contributed by atoms with Crippen LogP contribution in [-0.4, -0.2) is 33.7 Å². The Morgan fingerprint density at radius 2 is 1.74 bits per heavy atom. The van der Waals surface area contributed by atoms with Gasteiger partial charge < -0.3 is 5.32 Å². The molecule has 188 valence electrons. The molecule has 5 amide bonds. The van der Waals surface area contributed by atoms with Crippen molar-refractivity contribution in [1.29, 1.82) is 0 Å². The first-order valence-corrected chi connectivity index (χ1v) is 12.5. The maximum Gasteiger partial charge on any atom is 0.328 e. The van der Waals surface area contributed by atoms with Crippen molar-refractivity contribution >= 4 is 74.5 Å². The first-order chi connectivity index (χ1) is 18.3. The second-order valence-corrected chi connectivity index (χ2v) is 10.2. The quantitative estimate of drug-likeness (QED) is 0.139. The molecular weight excluding hydrogens is 530 g/mol. The SMILES string of the molecule is O=C1NC(=O)C(=Cc2ccc(Sc3nc4ccc(NC(=O)c5ccccc5)cc4s3)c([N+](=O)[O-])c2)C(=O)N1. The summed E-state index contributed by atoms with van der Waals surface area (Å²) in [6.45, 7) is 0. The van der Waals surface area contributed by atoms with Crippen LogP contribution >= 0.6 is 23.1 Å². The summed E-state index contributed by atoms with van der Waals surface area (Å²) in [5.41, 5.74) is 1.43. The number of amides is 5. The smallest absolute Gasteiger partial charge is 0.322 e. The molecule has 0 atom stereocenters. The van der Waals surface area contributed by atoms with E-state index in [9.17, 15) is 29.3 Å². The summed E-state index contributed by atoms with van der Waals surface area (Å²) < 4.78 is 1.33. The lowest BCUT2D eigenvalue weighted by Gasteiger charge is -2.13. The van der Waals surface area contributed by atoms with Crippen LogP contribution in [0.1, 0.15) is 15.9 Å². The predicted octanol–water partition coefficient (Wildman–Crippen LogP) is 4.36. The lowest BCUT2D eigenvalue weighted by atomic mass is 10.1. The molecule has 0 radical (unpaired) electrons. The molecule has 11 nitrogen and oxygen atoms in total. The van der Waals surface area contributed by atoms with Crippen LogP contribution in [0.2, 0.25) is 0 Å². The molecule has 38 heavy (non-hydrogen) atoms. The summed E-state index contributed by atoms with van der Waals surface area (Å²) in [6.07, 6.45) is 1.17. The van der Waals surface area contributed by atoms with Crippen molar-refractivity contribution in [3.05, 3.63) is 93.5 Å². The van der Waals surface area contributed by atoms with E-state index >= 15 is 0 Å². The van der Waals surface area contributed by atoms with Crippen LogP contribution in [0.3, 0.4) is 0 Å². The van der Waals surface area contributed by atoms with Gasteiger partial charge >= 0.3 is 6.03 Å². The largest absolute Gasteiger partial charge is 0.328 e. The van der Waals surface area contributed by atoms with E-state index in [0.717, 1.165) is 16.5 Å². The van der Waals surface area contributed by atoms with Crippen molar-refractivity contribution in [3.8, 4) is 0 Å². The predicted molar refractivity (Wildman–Crippen MR) is 141 cm³/mol. The molecule has 1 aromatic heterocycles. The van der Waals surface area contributed by atoms with Gasteiger partial charge in [-0.05, 0) is 48.0 Å². The number of hydrogen-bond donors (Lipinski definition) is 3. The Bertz CT molecular complexity index is 1660. The Hall–Kier alpha value is -4.88. The number of hydrogen-bond acceptors (Lipinski definition) is 9. The van der Waals surface area contributed by atoms with Crippen molar-refractivity contribution in [2.24, 2.45) is 0 Å². The number of anilines is 1. The zero-order chi connectivity index (χ0) is 26.8. The summed E-state index contributed by atoms with van der Waals surface area (Å²) >= 11 is 2.41. The highest BCUT2D eigenvalue weighted by Crippen LogP contribution is 2.39. The zero-order valence-electron chi connectivity index (χ0n) is 19.1. The summed E-state index contributed by atoms with van der Waals surface area (Å²) in [4.78, 5) is 63.6. The van der Waals surface area contributed by atoms with Gasteiger partial charge in [-0.3, -0.25) is 35.1 Å². The lowest BCUT2D eigenvalue weighted by Crippen LogP contribution is -2.51. The van der Waals surface area contributed by atoms with E-state index in [0.29, 0.717) is 26.0 Å². The highest BCUT2D eigenvalue weighted by atomic mass is 32.2. The van der Waals surface area contributed by atoms with E-state index in [4.69, 9.17) is 0 Å². The molecule has 3 N–H and O–H groups in total. The summed E-state index contributed by atoms with van der Waals surface area (Å²) in [7, 11) is 0. The Labute approximate surface area is 222 Å². The number of carbonyl (C=O) groups is 4. The summed E-state index contributed by atoms with van der Waals surface area (Å²) in [5, 5.41) is 18.5. The summed E-state index contributed by atoms with van der Waals surface area (Å²) in [5.74, 6) is -2.04. The van der Waals surface area contributed by atoms with Crippen molar-refractivity contribution in [2.45, 2.75) is 9.24 Å². The summed E-state index contributed by atoms with van der Waals surface area (Å²) in [6, 6.07) is 17.4. The molecule has 0 bridgehead atoms. The number of carbonyl (C=O) groups excluding carboxylic acids is 4. The molecule has 1 aliphatic rings. The molecule has 4 aromatic rings. The Morgan fingerprint density at radius 1 is 1.00 bits per heavy atom. The van der Waals surface area contributed by atoms with Crippen LogP contribution in [0.25, 0.3) is 16.3 Å². The maximum absolute atomic E-state index is 12.4. The number of barbiturate groups is 1. The molecule has 1 aliphatic heterocycles. The number of benzene rings is 3. The second kappa shape index (κ2) is 10.2. The highest BCUT2D eigenvalue weighted by Gasteiger charge is 2.28. The van der Waals surface area contributed by atoms with Gasteiger partial charge in [-0.1, -0.05) is 36.0 Å². The van der Waals surface area contributed by atoms with Crippen molar-refractivity contribution in [2.75, 3.05) is 5.32 Å². The fraction of sp³-hybridized carbons (Fsp3) is 0. The van der Waals surface area contributed by atoms with E-state index in [1.54, 1.807) is 42.5 Å². The molecule has 0 saturated carbocycles. The average molecular weight is 546 g/mol. The molecular formula is C25H15N5O6S2. The number of nitrogens with zero attached hydrogens (tertiary/aromatic N) is 2. The molecule has 1 saturated heterocycles. The molecule has 13 heteroatoms. The standard InChI is InChI=1S/C25H15N5O6S2/c31-21(14-4-2-1-3-5-14)26-15-7-8-17-20(12-15)38-25(27-17)37-19-9-6-13(11-18(19)30(35)36)10-16-22(32)28-24(34)29-23(16)33/h1-12H,(H,26,31)(H2,28,29,32,33,34). The van der Waals surface area contributed by atoms with Crippen molar-refractivity contribution < 1.29 is 24.1 Å². The minimum atomic E-state index is -0.934. The van der Waals surface area contributed by atoms with Gasteiger partial charge in [-0.2, -0.15) is 0 Å². The third kappa shape index (κ3) is 5.28. The molecule has 2 heterocycles. The fourth-order valence-corrected chi connectivity index (χ4v) is 5.69. The minimum Gasteiger partial charge on any atom is -0.322 e. The molecule has 3 aromatic carbocycles. The molecule has 1 fully saturated rings. The van der Waals surface area contributed by atoms with Gasteiger partial charge in [0.1, 0.15) is 5.57 Å². The van der Waals surface area contributed by atoms with E-state index in [1.165, 1.54) is 35.6 Å². The van der Waals surface area contributed by atoms with Gasteiger partial charge in [0.2, 0.25) is 0 Å². The van der Waals surface area contributed by atoms with Crippen LogP contribution in [0.4, 0.5) is 16.2 Å². The van der Waals surface area contributed by atoms with Crippen molar-refractivity contribution in [3.63, 3.8) is 0 Å². The molecule has 0 unspecified atom stereocenters. The van der Waals surface area contributed by atoms with Gasteiger partial charge in [0, 0.05) is 17.3 Å². The molecule has 5 rings (SSSR count). The van der Waals surface area contributed by atoms with Crippen molar-refractivity contribution in [1.82, 2.24) is 15.6 Å². The van der Waals surface area contributed by atoms with Gasteiger partial charge in [0.25, 0.3) is 23.4 Å². The lowest BCUT2D eigenvalue weighted by molar-refractivity contribution is -0.387. The number of nitro benzene ring substituents is 1. The Balaban J connectivity index is 1.38. The number of urea groups is 1. The minimum absolute atomic E-state index is 0.235. The van der Waals surface area contributed by atoms with Gasteiger partial charge in [-0.25, -0.2) is 9.78 Å². The van der Waals surface area contributed by atoms with E-state index in [1.807, 2.05) is 16.7 Å². The number of thiazole rings is 1. The average Bonchev–Trinajstić information content (AvgIpc) is 3.29. The normalized spacial score (nSPS) is 13.2. The number of nitrogens with one attached hydrogen (secondary N) is 3. The van der Waals surface area contributed by atoms with Gasteiger partial charge in [0.15, 0.2) is 4.34 Å². The van der Waals surface area contributed by atoms with Gasteiger partial charge in [-0.15, -0.1) is 11.3 Å². The molecule has 0 aliphatic carbocycles. The number of fused-ring (bicyclic) bond motifs is 1. The van der Waals surface area contributed by atoms with Crippen LogP contribution in [0.15, 0.2) is 81.5 Å². The topological polar surface area (TPSA) is 160 Å². The second-order valence-electron chi connectivity index (χ2n) is 7.86. The number of aromatic nitrogens is 1. The number of imide groups is 2. The Kier molecular flexibility index (Phi) is 6.68. The number of rotatable bonds is 6.